The molecule has 0 aromatic rings. The Morgan fingerprint density at radius 1 is 1.60 bits per heavy atom. The Morgan fingerprint density at radius 3 is 2.80 bits per heavy atom. The summed E-state index contributed by atoms with van der Waals surface area (Å²) >= 11 is 0. The van der Waals surface area contributed by atoms with Gasteiger partial charge in [0.2, 0.25) is 5.91 Å². The first-order chi connectivity index (χ1) is 4.81. The molecule has 0 saturated carbocycles. The fourth-order valence-corrected chi connectivity index (χ4v) is 0.538. The van der Waals surface area contributed by atoms with Crippen LogP contribution in [0.15, 0.2) is 0 Å². The second-order valence-corrected chi connectivity index (χ2v) is 2.01. The molecular weight excluding hydrogens is 130 g/mol. The molecular formula is C7H13NO2. The van der Waals surface area contributed by atoms with E-state index in [4.69, 9.17) is 0 Å². The molecule has 58 valence electrons. The highest BCUT2D eigenvalue weighted by molar-refractivity contribution is 5.75. The first-order valence-corrected chi connectivity index (χ1v) is 3.51. The van der Waals surface area contributed by atoms with Gasteiger partial charge in [0, 0.05) is 19.4 Å². The average Bonchev–Trinajstić information content (AvgIpc) is 1.98. The molecule has 0 spiro atoms. The van der Waals surface area contributed by atoms with E-state index < -0.39 is 0 Å². The molecule has 3 heteroatoms. The third kappa shape index (κ3) is 5.28. The Balaban J connectivity index is 3.03. The van der Waals surface area contributed by atoms with Crippen LogP contribution in [0, 0.1) is 0 Å². The largest absolute Gasteiger partial charge is 0.356 e. The topological polar surface area (TPSA) is 46.2 Å². The van der Waals surface area contributed by atoms with Crippen LogP contribution in [0.4, 0.5) is 0 Å². The van der Waals surface area contributed by atoms with Gasteiger partial charge in [0.05, 0.1) is 0 Å². The van der Waals surface area contributed by atoms with Crippen LogP contribution < -0.4 is 5.32 Å². The van der Waals surface area contributed by atoms with Gasteiger partial charge in [0.15, 0.2) is 0 Å². The van der Waals surface area contributed by atoms with E-state index in [0.717, 1.165) is 12.7 Å². The molecule has 0 radical (unpaired) electrons. The summed E-state index contributed by atoms with van der Waals surface area (Å²) in [6.07, 6.45) is 2.65. The minimum atomic E-state index is 0.0471. The van der Waals surface area contributed by atoms with Gasteiger partial charge in [-0.2, -0.15) is 0 Å². The number of carbonyl (C=O) groups excluding carboxylic acids is 2. The standard InChI is InChI=1S/C7H13NO2/c1-2-7(10)8-5-3-4-6-9/h6H,2-5H2,1H3,(H,8,10). The highest BCUT2D eigenvalue weighted by atomic mass is 16.1. The molecule has 3 nitrogen and oxygen atoms in total. The van der Waals surface area contributed by atoms with Crippen LogP contribution in [0.2, 0.25) is 0 Å². The van der Waals surface area contributed by atoms with Crippen LogP contribution in [0.25, 0.3) is 0 Å². The van der Waals surface area contributed by atoms with Crippen molar-refractivity contribution in [2.75, 3.05) is 6.54 Å². The van der Waals surface area contributed by atoms with Crippen molar-refractivity contribution in [2.24, 2.45) is 0 Å². The van der Waals surface area contributed by atoms with Gasteiger partial charge in [-0.05, 0) is 6.42 Å². The van der Waals surface area contributed by atoms with Crippen molar-refractivity contribution in [1.82, 2.24) is 5.32 Å². The number of carbonyl (C=O) groups is 2. The molecule has 0 heterocycles. The second-order valence-electron chi connectivity index (χ2n) is 2.01. The lowest BCUT2D eigenvalue weighted by molar-refractivity contribution is -0.120. The summed E-state index contributed by atoms with van der Waals surface area (Å²) in [6.45, 7) is 2.42. The minimum Gasteiger partial charge on any atom is -0.356 e. The molecule has 0 aliphatic rings. The summed E-state index contributed by atoms with van der Waals surface area (Å²) in [4.78, 5) is 20.4. The monoisotopic (exact) mass is 143 g/mol. The van der Waals surface area contributed by atoms with E-state index in [0.29, 0.717) is 19.4 Å². The molecule has 0 bridgehead atoms. The first-order valence-electron chi connectivity index (χ1n) is 3.51. The quantitative estimate of drug-likeness (QED) is 0.449. The van der Waals surface area contributed by atoms with Crippen molar-refractivity contribution >= 4 is 12.2 Å². The van der Waals surface area contributed by atoms with E-state index in [1.165, 1.54) is 0 Å². The van der Waals surface area contributed by atoms with Crippen LogP contribution in [0.1, 0.15) is 26.2 Å². The number of hydrogen-bond donors (Lipinski definition) is 1. The number of nitrogens with one attached hydrogen (secondary N) is 1. The van der Waals surface area contributed by atoms with Gasteiger partial charge >= 0.3 is 0 Å². The molecule has 0 aliphatic heterocycles. The van der Waals surface area contributed by atoms with E-state index in [1.54, 1.807) is 6.92 Å². The fourth-order valence-electron chi connectivity index (χ4n) is 0.538. The van der Waals surface area contributed by atoms with Crippen molar-refractivity contribution in [2.45, 2.75) is 26.2 Å². The van der Waals surface area contributed by atoms with E-state index in [-0.39, 0.29) is 5.91 Å². The van der Waals surface area contributed by atoms with E-state index in [1.807, 2.05) is 0 Å². The van der Waals surface area contributed by atoms with E-state index >= 15 is 0 Å². The van der Waals surface area contributed by atoms with Gasteiger partial charge in [-0.15, -0.1) is 0 Å². The number of aldehydes is 1. The molecule has 0 saturated heterocycles. The summed E-state index contributed by atoms with van der Waals surface area (Å²) in [5.74, 6) is 0.0471. The molecule has 0 rings (SSSR count). The molecule has 0 unspecified atom stereocenters. The van der Waals surface area contributed by atoms with Crippen molar-refractivity contribution < 1.29 is 9.59 Å². The minimum absolute atomic E-state index is 0.0471. The summed E-state index contributed by atoms with van der Waals surface area (Å²) in [5, 5.41) is 2.67. The van der Waals surface area contributed by atoms with Gasteiger partial charge in [-0.25, -0.2) is 0 Å². The predicted octanol–water partition coefficient (Wildman–Crippen LogP) is 0.492. The Labute approximate surface area is 60.8 Å². The molecule has 1 amide bonds. The molecule has 0 atom stereocenters. The van der Waals surface area contributed by atoms with E-state index in [9.17, 15) is 9.59 Å². The fraction of sp³-hybridized carbons (Fsp3) is 0.714. The molecule has 0 fully saturated rings. The zero-order valence-corrected chi connectivity index (χ0v) is 6.22. The van der Waals surface area contributed by atoms with Gasteiger partial charge < -0.3 is 10.1 Å². The molecule has 0 aliphatic carbocycles. The predicted molar refractivity (Wildman–Crippen MR) is 38.6 cm³/mol. The van der Waals surface area contributed by atoms with Crippen LogP contribution in [0.5, 0.6) is 0 Å². The molecule has 1 N–H and O–H groups in total. The SMILES string of the molecule is CCC(=O)NCCCC=O. The lowest BCUT2D eigenvalue weighted by atomic mass is 10.3. The highest BCUT2D eigenvalue weighted by Crippen LogP contribution is 1.81. The molecule has 10 heavy (non-hydrogen) atoms. The Morgan fingerprint density at radius 2 is 2.30 bits per heavy atom. The number of amides is 1. The van der Waals surface area contributed by atoms with Crippen molar-refractivity contribution in [3.05, 3.63) is 0 Å². The van der Waals surface area contributed by atoms with Crippen LogP contribution in [-0.4, -0.2) is 18.7 Å². The lowest BCUT2D eigenvalue weighted by Crippen LogP contribution is -2.23. The van der Waals surface area contributed by atoms with Crippen LogP contribution >= 0.6 is 0 Å². The molecule has 0 aromatic carbocycles. The maximum absolute atomic E-state index is 10.6. The average molecular weight is 143 g/mol. The third-order valence-electron chi connectivity index (χ3n) is 1.14. The van der Waals surface area contributed by atoms with Crippen molar-refractivity contribution in [1.29, 1.82) is 0 Å². The number of rotatable bonds is 5. The third-order valence-corrected chi connectivity index (χ3v) is 1.14. The number of unbranched alkanes of at least 4 members (excludes halogenated alkanes) is 1. The summed E-state index contributed by atoms with van der Waals surface area (Å²) in [6, 6.07) is 0. The van der Waals surface area contributed by atoms with Crippen LogP contribution in [0.3, 0.4) is 0 Å². The van der Waals surface area contributed by atoms with Crippen LogP contribution in [-0.2, 0) is 9.59 Å². The Bertz CT molecular complexity index is 112. The van der Waals surface area contributed by atoms with Gasteiger partial charge in [0.1, 0.15) is 6.29 Å². The van der Waals surface area contributed by atoms with Gasteiger partial charge in [0.25, 0.3) is 0 Å². The zero-order chi connectivity index (χ0) is 7.82. The maximum atomic E-state index is 10.6. The van der Waals surface area contributed by atoms with E-state index in [2.05, 4.69) is 5.32 Å². The first kappa shape index (κ1) is 9.14. The second kappa shape index (κ2) is 6.26. The molecule has 0 aromatic heterocycles. The van der Waals surface area contributed by atoms with Crippen molar-refractivity contribution in [3.63, 3.8) is 0 Å². The summed E-state index contributed by atoms with van der Waals surface area (Å²) in [5.41, 5.74) is 0. The lowest BCUT2D eigenvalue weighted by Gasteiger charge is -1.99. The zero-order valence-electron chi connectivity index (χ0n) is 6.22. The van der Waals surface area contributed by atoms with Gasteiger partial charge in [-0.1, -0.05) is 6.92 Å². The maximum Gasteiger partial charge on any atom is 0.219 e. The highest BCUT2D eigenvalue weighted by Gasteiger charge is 1.93. The normalized spacial score (nSPS) is 8.90. The Kier molecular flexibility index (Phi) is 5.72. The summed E-state index contributed by atoms with van der Waals surface area (Å²) < 4.78 is 0. The Hall–Kier alpha value is -0.860. The summed E-state index contributed by atoms with van der Waals surface area (Å²) in [7, 11) is 0. The number of hydrogen-bond acceptors (Lipinski definition) is 2. The smallest absolute Gasteiger partial charge is 0.219 e. The van der Waals surface area contributed by atoms with Gasteiger partial charge in [-0.3, -0.25) is 4.79 Å². The van der Waals surface area contributed by atoms with Crippen molar-refractivity contribution in [3.8, 4) is 0 Å².